The molecule has 0 fully saturated rings. The van der Waals surface area contributed by atoms with Gasteiger partial charge in [-0.2, -0.15) is 0 Å². The van der Waals surface area contributed by atoms with Crippen LogP contribution in [0.3, 0.4) is 0 Å². The van der Waals surface area contributed by atoms with Gasteiger partial charge >= 0.3 is 5.97 Å². The van der Waals surface area contributed by atoms with Crippen LogP contribution in [0.5, 0.6) is 0 Å². The van der Waals surface area contributed by atoms with E-state index in [9.17, 15) is 14.4 Å². The third kappa shape index (κ3) is 9.40. The number of nitrogens with zero attached hydrogens (tertiary/aromatic N) is 1. The molecule has 1 aromatic rings. The first-order valence-corrected chi connectivity index (χ1v) is 10.4. The van der Waals surface area contributed by atoms with Gasteiger partial charge in [0.05, 0.1) is 6.54 Å². The smallest absolute Gasteiger partial charge is 0.303 e. The molecular formula is C21H31N5O4. The summed E-state index contributed by atoms with van der Waals surface area (Å²) in [4.78, 5) is 39.7. The maximum atomic E-state index is 12.6. The molecule has 1 aliphatic rings. The summed E-state index contributed by atoms with van der Waals surface area (Å²) in [5, 5.41) is 20.7. The van der Waals surface area contributed by atoms with Gasteiger partial charge in [0.15, 0.2) is 5.96 Å². The van der Waals surface area contributed by atoms with Crippen LogP contribution in [0.1, 0.15) is 37.7 Å². The minimum absolute atomic E-state index is 0.0705. The van der Waals surface area contributed by atoms with E-state index in [1.165, 1.54) is 0 Å². The molecule has 2 rings (SSSR count). The summed E-state index contributed by atoms with van der Waals surface area (Å²) in [5.74, 6) is -0.666. The second kappa shape index (κ2) is 13.2. The Bertz CT molecular complexity index is 723. The number of guanidine groups is 1. The number of aliphatic carboxylic acids is 1. The summed E-state index contributed by atoms with van der Waals surface area (Å²) in [5.41, 5.74) is 0.942. The van der Waals surface area contributed by atoms with Gasteiger partial charge in [-0.15, -0.1) is 0 Å². The van der Waals surface area contributed by atoms with Gasteiger partial charge in [-0.1, -0.05) is 30.3 Å². The molecule has 0 spiro atoms. The molecule has 0 aliphatic carbocycles. The number of unbranched alkanes of at least 4 members (excludes halogenated alkanes) is 1. The lowest BCUT2D eigenvalue weighted by Gasteiger charge is -2.19. The summed E-state index contributed by atoms with van der Waals surface area (Å²) in [6.07, 6.45) is 2.31. The van der Waals surface area contributed by atoms with E-state index < -0.39 is 12.0 Å². The number of amides is 2. The van der Waals surface area contributed by atoms with Crippen LogP contribution in [0.4, 0.5) is 0 Å². The van der Waals surface area contributed by atoms with E-state index in [0.29, 0.717) is 13.0 Å². The first-order chi connectivity index (χ1) is 14.5. The van der Waals surface area contributed by atoms with Crippen molar-refractivity contribution in [3.63, 3.8) is 0 Å². The van der Waals surface area contributed by atoms with Crippen LogP contribution in [0.15, 0.2) is 35.3 Å². The molecule has 2 amide bonds. The van der Waals surface area contributed by atoms with Crippen molar-refractivity contribution < 1.29 is 19.5 Å². The Morgan fingerprint density at radius 3 is 2.53 bits per heavy atom. The highest BCUT2D eigenvalue weighted by molar-refractivity contribution is 5.88. The zero-order chi connectivity index (χ0) is 21.6. The fraction of sp³-hybridized carbons (Fsp3) is 0.524. The number of carboxylic acid groups (broad SMARTS) is 1. The van der Waals surface area contributed by atoms with Crippen LogP contribution in [0.25, 0.3) is 0 Å². The molecule has 0 unspecified atom stereocenters. The van der Waals surface area contributed by atoms with Crippen LogP contribution in [0.2, 0.25) is 0 Å². The molecule has 0 aromatic heterocycles. The molecule has 1 aromatic carbocycles. The number of hydrogen-bond acceptors (Lipinski definition) is 6. The topological polar surface area (TPSA) is 132 Å². The Labute approximate surface area is 176 Å². The van der Waals surface area contributed by atoms with Crippen molar-refractivity contribution in [2.24, 2.45) is 4.99 Å². The SMILES string of the molecule is O=C(O)CCCC(=O)N[C@H](Cc1ccccc1)C(=O)NCCCCNC1=NCCN1. The Hall–Kier alpha value is -3.10. The van der Waals surface area contributed by atoms with Crippen molar-refractivity contribution in [2.45, 2.75) is 44.6 Å². The van der Waals surface area contributed by atoms with E-state index in [4.69, 9.17) is 5.11 Å². The zero-order valence-corrected chi connectivity index (χ0v) is 17.2. The summed E-state index contributed by atoms with van der Waals surface area (Å²) in [6.45, 7) is 2.95. The van der Waals surface area contributed by atoms with Gasteiger partial charge in [0.1, 0.15) is 6.04 Å². The molecule has 30 heavy (non-hydrogen) atoms. The lowest BCUT2D eigenvalue weighted by atomic mass is 10.0. The van der Waals surface area contributed by atoms with E-state index in [1.54, 1.807) is 0 Å². The van der Waals surface area contributed by atoms with Crippen LogP contribution in [-0.4, -0.2) is 61.1 Å². The molecule has 0 saturated heterocycles. The lowest BCUT2D eigenvalue weighted by Crippen LogP contribution is -2.48. The average molecular weight is 418 g/mol. The number of carbonyl (C=O) groups is 3. The predicted octanol–water partition coefficient (Wildman–Crippen LogP) is 0.414. The average Bonchev–Trinajstić information content (AvgIpc) is 3.24. The first kappa shape index (κ1) is 23.2. The maximum absolute atomic E-state index is 12.6. The van der Waals surface area contributed by atoms with Gasteiger partial charge in [-0.05, 0) is 24.8 Å². The molecule has 0 bridgehead atoms. The fourth-order valence-corrected chi connectivity index (χ4v) is 3.03. The second-order valence-corrected chi connectivity index (χ2v) is 7.14. The van der Waals surface area contributed by atoms with E-state index in [0.717, 1.165) is 44.0 Å². The largest absolute Gasteiger partial charge is 0.481 e. The predicted molar refractivity (Wildman–Crippen MR) is 114 cm³/mol. The van der Waals surface area contributed by atoms with Crippen molar-refractivity contribution in [3.8, 4) is 0 Å². The number of aliphatic imine (C=N–C) groups is 1. The molecule has 9 heteroatoms. The van der Waals surface area contributed by atoms with Crippen molar-refractivity contribution in [3.05, 3.63) is 35.9 Å². The molecule has 0 radical (unpaired) electrons. The molecule has 9 nitrogen and oxygen atoms in total. The highest BCUT2D eigenvalue weighted by Gasteiger charge is 2.21. The van der Waals surface area contributed by atoms with E-state index in [2.05, 4.69) is 26.3 Å². The van der Waals surface area contributed by atoms with Crippen molar-refractivity contribution in [2.75, 3.05) is 26.2 Å². The van der Waals surface area contributed by atoms with Crippen molar-refractivity contribution in [1.82, 2.24) is 21.3 Å². The van der Waals surface area contributed by atoms with Gasteiger partial charge in [0.25, 0.3) is 0 Å². The summed E-state index contributed by atoms with van der Waals surface area (Å²) < 4.78 is 0. The number of nitrogens with one attached hydrogen (secondary N) is 4. The molecule has 164 valence electrons. The van der Waals surface area contributed by atoms with Crippen molar-refractivity contribution >= 4 is 23.7 Å². The summed E-state index contributed by atoms with van der Waals surface area (Å²) >= 11 is 0. The third-order valence-electron chi connectivity index (χ3n) is 4.60. The number of hydrogen-bond donors (Lipinski definition) is 5. The standard InChI is InChI=1S/C21H31N5O4/c27-18(9-6-10-19(28)29)26-17(15-16-7-2-1-3-8-16)20(30)22-11-4-5-12-23-21-24-13-14-25-21/h1-3,7-8,17H,4-6,9-15H2,(H,22,30)(H,26,27)(H,28,29)(H2,23,24,25)/t17-/m1/s1. The lowest BCUT2D eigenvalue weighted by molar-refractivity contribution is -0.137. The van der Waals surface area contributed by atoms with Gasteiger partial charge in [0.2, 0.25) is 11.8 Å². The number of benzene rings is 1. The first-order valence-electron chi connectivity index (χ1n) is 10.4. The van der Waals surface area contributed by atoms with Crippen LogP contribution in [-0.2, 0) is 20.8 Å². The molecule has 1 heterocycles. The number of carboxylic acids is 1. The normalized spacial score (nSPS) is 13.7. The van der Waals surface area contributed by atoms with E-state index in [1.807, 2.05) is 30.3 Å². The molecule has 1 atom stereocenters. The van der Waals surface area contributed by atoms with Crippen LogP contribution < -0.4 is 21.3 Å². The van der Waals surface area contributed by atoms with Crippen molar-refractivity contribution in [1.29, 1.82) is 0 Å². The minimum Gasteiger partial charge on any atom is -0.481 e. The van der Waals surface area contributed by atoms with E-state index in [-0.39, 0.29) is 31.1 Å². The number of rotatable bonds is 13. The molecular weight excluding hydrogens is 386 g/mol. The van der Waals surface area contributed by atoms with Crippen LogP contribution in [0, 0.1) is 0 Å². The third-order valence-corrected chi connectivity index (χ3v) is 4.60. The zero-order valence-electron chi connectivity index (χ0n) is 17.2. The van der Waals surface area contributed by atoms with Gasteiger partial charge in [-0.3, -0.25) is 19.4 Å². The fourth-order valence-electron chi connectivity index (χ4n) is 3.03. The maximum Gasteiger partial charge on any atom is 0.303 e. The Balaban J connectivity index is 1.75. The summed E-state index contributed by atoms with van der Waals surface area (Å²) in [7, 11) is 0. The number of carbonyl (C=O) groups excluding carboxylic acids is 2. The minimum atomic E-state index is -0.938. The summed E-state index contributed by atoms with van der Waals surface area (Å²) in [6, 6.07) is 8.78. The Morgan fingerprint density at radius 2 is 1.83 bits per heavy atom. The van der Waals surface area contributed by atoms with Gasteiger partial charge in [0, 0.05) is 38.9 Å². The molecule has 5 N–H and O–H groups in total. The van der Waals surface area contributed by atoms with Crippen LogP contribution >= 0.6 is 0 Å². The van der Waals surface area contributed by atoms with Gasteiger partial charge < -0.3 is 26.4 Å². The second-order valence-electron chi connectivity index (χ2n) is 7.14. The Morgan fingerprint density at radius 1 is 1.07 bits per heavy atom. The van der Waals surface area contributed by atoms with Gasteiger partial charge in [-0.25, -0.2) is 0 Å². The highest BCUT2D eigenvalue weighted by Crippen LogP contribution is 2.05. The molecule has 0 saturated carbocycles. The van der Waals surface area contributed by atoms with E-state index >= 15 is 0 Å². The molecule has 1 aliphatic heterocycles. The highest BCUT2D eigenvalue weighted by atomic mass is 16.4. The monoisotopic (exact) mass is 417 g/mol. The Kier molecular flexibility index (Phi) is 10.2. The quantitative estimate of drug-likeness (QED) is 0.296.